The van der Waals surface area contributed by atoms with Gasteiger partial charge in [-0.05, 0) is 45.4 Å². The van der Waals surface area contributed by atoms with Gasteiger partial charge in [0.15, 0.2) is 0 Å². The molecule has 0 spiro atoms. The number of nitrogens with zero attached hydrogens (tertiary/aromatic N) is 2. The van der Waals surface area contributed by atoms with Crippen molar-refractivity contribution in [1.82, 2.24) is 0 Å². The first-order valence-electron chi connectivity index (χ1n) is 7.51. The fourth-order valence-corrected chi connectivity index (χ4v) is 3.98. The van der Waals surface area contributed by atoms with E-state index in [0.29, 0.717) is 16.7 Å². The first-order chi connectivity index (χ1) is 11.3. The number of rotatable bonds is 3. The zero-order valence-corrected chi connectivity index (χ0v) is 16.1. The van der Waals surface area contributed by atoms with Gasteiger partial charge in [-0.25, -0.2) is 0 Å². The highest BCUT2D eigenvalue weighted by molar-refractivity contribution is 7.17. The van der Waals surface area contributed by atoms with Crippen molar-refractivity contribution in [2.24, 2.45) is 4.99 Å². The van der Waals surface area contributed by atoms with Crippen molar-refractivity contribution in [3.8, 4) is 0 Å². The van der Waals surface area contributed by atoms with E-state index in [1.165, 1.54) is 0 Å². The third-order valence-corrected chi connectivity index (χ3v) is 5.26. The highest BCUT2D eigenvalue weighted by Crippen LogP contribution is 2.37. The molecular weight excluding hydrogens is 340 g/mol. The second kappa shape index (κ2) is 7.28. The van der Waals surface area contributed by atoms with Crippen LogP contribution in [-0.2, 0) is 0 Å². The van der Waals surface area contributed by atoms with Crippen molar-refractivity contribution in [1.29, 1.82) is 10.8 Å². The van der Waals surface area contributed by atoms with E-state index in [0.717, 1.165) is 32.3 Å². The first-order valence-corrected chi connectivity index (χ1v) is 8.70. The van der Waals surface area contributed by atoms with Crippen molar-refractivity contribution < 1.29 is 0 Å². The van der Waals surface area contributed by atoms with Gasteiger partial charge in [0.05, 0.1) is 5.71 Å². The summed E-state index contributed by atoms with van der Waals surface area (Å²) in [5.41, 5.74) is 3.91. The predicted molar refractivity (Wildman–Crippen MR) is 106 cm³/mol. The van der Waals surface area contributed by atoms with Crippen LogP contribution in [0.5, 0.6) is 0 Å². The second-order valence-corrected chi connectivity index (χ2v) is 7.19. The molecule has 1 heterocycles. The number of amidine groups is 2. The van der Waals surface area contributed by atoms with Crippen molar-refractivity contribution in [2.75, 3.05) is 11.9 Å². The van der Waals surface area contributed by atoms with E-state index in [-0.39, 0.29) is 0 Å². The topological polar surface area (TPSA) is 63.3 Å². The number of thiophene rings is 1. The van der Waals surface area contributed by atoms with Gasteiger partial charge in [0.25, 0.3) is 0 Å². The third kappa shape index (κ3) is 3.42. The molecule has 1 aromatic heterocycles. The summed E-state index contributed by atoms with van der Waals surface area (Å²) in [6.07, 6.45) is 0. The fraction of sp³-hybridized carbons (Fsp3) is 0.278. The quantitative estimate of drug-likeness (QED) is 0.567. The molecule has 0 saturated heterocycles. The number of aryl methyl sites for hydroxylation is 1. The van der Waals surface area contributed by atoms with Gasteiger partial charge in [-0.15, -0.1) is 11.3 Å². The zero-order valence-electron chi connectivity index (χ0n) is 14.5. The normalized spacial score (nSPS) is 11.5. The van der Waals surface area contributed by atoms with E-state index >= 15 is 0 Å². The molecule has 0 aliphatic carbocycles. The summed E-state index contributed by atoms with van der Waals surface area (Å²) in [6.45, 7) is 7.50. The molecule has 0 unspecified atom stereocenters. The molecule has 4 nitrogen and oxygen atoms in total. The summed E-state index contributed by atoms with van der Waals surface area (Å²) in [4.78, 5) is 7.32. The lowest BCUT2D eigenvalue weighted by molar-refractivity contribution is 1.28. The second-order valence-electron chi connectivity index (χ2n) is 5.55. The van der Waals surface area contributed by atoms with E-state index in [9.17, 15) is 0 Å². The summed E-state index contributed by atoms with van der Waals surface area (Å²) in [6, 6.07) is 7.58. The van der Waals surface area contributed by atoms with Crippen LogP contribution in [0.25, 0.3) is 0 Å². The van der Waals surface area contributed by atoms with Crippen molar-refractivity contribution in [3.05, 3.63) is 50.9 Å². The average Bonchev–Trinajstić information content (AvgIpc) is 2.77. The average molecular weight is 361 g/mol. The third-order valence-electron chi connectivity index (χ3n) is 3.82. The van der Waals surface area contributed by atoms with Crippen LogP contribution in [0.3, 0.4) is 0 Å². The lowest BCUT2D eigenvalue weighted by atomic mass is 9.99. The highest BCUT2D eigenvalue weighted by Gasteiger charge is 2.25. The number of hydrogen-bond donors (Lipinski definition) is 2. The smallest absolute Gasteiger partial charge is 0.112 e. The number of hydrogen-bond acceptors (Lipinski definition) is 4. The molecule has 0 atom stereocenters. The lowest BCUT2D eigenvalue weighted by Crippen LogP contribution is -2.32. The van der Waals surface area contributed by atoms with Crippen LogP contribution >= 0.6 is 22.9 Å². The summed E-state index contributed by atoms with van der Waals surface area (Å²) in [7, 11) is 1.76. The van der Waals surface area contributed by atoms with E-state index in [2.05, 4.69) is 18.8 Å². The van der Waals surface area contributed by atoms with Gasteiger partial charge >= 0.3 is 0 Å². The Morgan fingerprint density at radius 1 is 1.08 bits per heavy atom. The summed E-state index contributed by atoms with van der Waals surface area (Å²) in [5, 5.41) is 17.7. The molecule has 0 radical (unpaired) electrons. The molecule has 0 bridgehead atoms. The molecule has 2 aromatic rings. The maximum Gasteiger partial charge on any atom is 0.112 e. The standard InChI is InChI=1S/C18H21ClN4S/c1-10-11(2)24-18(23(12(3)20)13(4)21)16(10)17(22-5)14-6-8-15(19)9-7-14/h6-9,20-21H,1-5H3. The Hall–Kier alpha value is -1.98. The van der Waals surface area contributed by atoms with Crippen LogP contribution in [0.1, 0.15) is 35.4 Å². The van der Waals surface area contributed by atoms with E-state index in [4.69, 9.17) is 22.4 Å². The van der Waals surface area contributed by atoms with Gasteiger partial charge in [0.2, 0.25) is 0 Å². The number of benzene rings is 1. The first kappa shape index (κ1) is 18.4. The van der Waals surface area contributed by atoms with Crippen molar-refractivity contribution in [3.63, 3.8) is 0 Å². The molecule has 6 heteroatoms. The molecule has 1 aromatic carbocycles. The molecule has 0 fully saturated rings. The van der Waals surface area contributed by atoms with Crippen LogP contribution in [0.4, 0.5) is 5.00 Å². The zero-order chi connectivity index (χ0) is 18.0. The summed E-state index contributed by atoms with van der Waals surface area (Å²) >= 11 is 7.59. The fourth-order valence-electron chi connectivity index (χ4n) is 2.59. The molecule has 0 aliphatic heterocycles. The van der Waals surface area contributed by atoms with Crippen LogP contribution in [0.2, 0.25) is 5.02 Å². The maximum absolute atomic E-state index is 8.06. The van der Waals surface area contributed by atoms with Gasteiger partial charge in [0.1, 0.15) is 16.7 Å². The molecule has 126 valence electrons. The van der Waals surface area contributed by atoms with Crippen LogP contribution in [0.15, 0.2) is 29.3 Å². The molecule has 2 N–H and O–H groups in total. The largest absolute Gasteiger partial charge is 0.288 e. The number of aliphatic imine (C=N–C) groups is 1. The van der Waals surface area contributed by atoms with Crippen LogP contribution in [0, 0.1) is 24.7 Å². The number of anilines is 1. The number of nitrogens with one attached hydrogen (secondary N) is 2. The summed E-state index contributed by atoms with van der Waals surface area (Å²) in [5.74, 6) is 0.633. The Balaban J connectivity index is 2.70. The number of halogens is 1. The van der Waals surface area contributed by atoms with Crippen LogP contribution in [-0.4, -0.2) is 24.4 Å². The van der Waals surface area contributed by atoms with Gasteiger partial charge in [0, 0.05) is 28.1 Å². The Morgan fingerprint density at radius 3 is 2.08 bits per heavy atom. The Kier molecular flexibility index (Phi) is 5.57. The summed E-state index contributed by atoms with van der Waals surface area (Å²) < 4.78 is 0. The SMILES string of the molecule is CN=C(c1ccc(Cl)cc1)c1c(N(C(C)=N)C(C)=N)sc(C)c1C. The van der Waals surface area contributed by atoms with Gasteiger partial charge in [-0.2, -0.15) is 0 Å². The predicted octanol–water partition coefficient (Wildman–Crippen LogP) is 5.29. The van der Waals surface area contributed by atoms with Gasteiger partial charge in [-0.3, -0.25) is 20.7 Å². The van der Waals surface area contributed by atoms with Crippen molar-refractivity contribution in [2.45, 2.75) is 27.7 Å². The monoisotopic (exact) mass is 360 g/mol. The van der Waals surface area contributed by atoms with E-state index in [1.807, 2.05) is 24.3 Å². The molecule has 0 saturated carbocycles. The maximum atomic E-state index is 8.06. The lowest BCUT2D eigenvalue weighted by Gasteiger charge is -2.22. The minimum atomic E-state index is 0.316. The Morgan fingerprint density at radius 2 is 1.62 bits per heavy atom. The van der Waals surface area contributed by atoms with Gasteiger partial charge < -0.3 is 0 Å². The van der Waals surface area contributed by atoms with E-state index < -0.39 is 0 Å². The minimum Gasteiger partial charge on any atom is -0.288 e. The minimum absolute atomic E-state index is 0.316. The van der Waals surface area contributed by atoms with Crippen LogP contribution < -0.4 is 4.90 Å². The molecule has 0 amide bonds. The highest BCUT2D eigenvalue weighted by atomic mass is 35.5. The molecule has 24 heavy (non-hydrogen) atoms. The Bertz CT molecular complexity index is 804. The van der Waals surface area contributed by atoms with E-state index in [1.54, 1.807) is 37.1 Å². The van der Waals surface area contributed by atoms with Crippen molar-refractivity contribution >= 4 is 45.3 Å². The molecule has 0 aliphatic rings. The molecule has 2 rings (SSSR count). The Labute approximate surface area is 151 Å². The molecular formula is C18H21ClN4S. The van der Waals surface area contributed by atoms with Gasteiger partial charge in [-0.1, -0.05) is 23.7 Å².